The van der Waals surface area contributed by atoms with Crippen molar-refractivity contribution in [3.63, 3.8) is 0 Å². The molecule has 1 amide bonds. The van der Waals surface area contributed by atoms with Crippen molar-refractivity contribution in [3.8, 4) is 0 Å². The van der Waals surface area contributed by atoms with Crippen LogP contribution in [0.3, 0.4) is 0 Å². The van der Waals surface area contributed by atoms with Gasteiger partial charge in [0.05, 0.1) is 13.1 Å². The highest BCUT2D eigenvalue weighted by Crippen LogP contribution is 2.33. The molecule has 0 aromatic heterocycles. The molecule has 31 heavy (non-hydrogen) atoms. The Morgan fingerprint density at radius 1 is 1.19 bits per heavy atom. The van der Waals surface area contributed by atoms with Gasteiger partial charge in [-0.15, -0.1) is 0 Å². The summed E-state index contributed by atoms with van der Waals surface area (Å²) < 4.78 is 0. The molecule has 0 bridgehead atoms. The van der Waals surface area contributed by atoms with E-state index in [2.05, 4.69) is 48.3 Å². The maximum atomic E-state index is 12.2. The van der Waals surface area contributed by atoms with Crippen molar-refractivity contribution in [2.45, 2.75) is 58.3 Å². The molecule has 1 aliphatic heterocycles. The lowest BCUT2D eigenvalue weighted by molar-refractivity contribution is -0.132. The first-order valence-electron chi connectivity index (χ1n) is 12.2. The Labute approximate surface area is 189 Å². The largest absolute Gasteiger partial charge is 0.335 e. The van der Waals surface area contributed by atoms with Gasteiger partial charge in [-0.2, -0.15) is 0 Å². The quantitative estimate of drug-likeness (QED) is 0.231. The molecule has 176 valence electrons. The van der Waals surface area contributed by atoms with Crippen LogP contribution in [0.5, 0.6) is 0 Å². The SMILES string of the molecule is CCCCN(CC=O)C(=O)CNCN(C)CCCCCCC1CC=CC2=C1CN(C)C2. The van der Waals surface area contributed by atoms with Gasteiger partial charge in [-0.1, -0.05) is 44.8 Å². The van der Waals surface area contributed by atoms with Gasteiger partial charge in [0.2, 0.25) is 5.91 Å². The van der Waals surface area contributed by atoms with Crippen molar-refractivity contribution in [2.75, 3.05) is 60.0 Å². The molecular formula is C25H44N4O2. The molecule has 0 aromatic rings. The first-order valence-corrected chi connectivity index (χ1v) is 12.2. The average molecular weight is 433 g/mol. The number of nitrogens with one attached hydrogen (secondary N) is 1. The predicted octanol–water partition coefficient (Wildman–Crippen LogP) is 3.06. The van der Waals surface area contributed by atoms with Crippen molar-refractivity contribution in [3.05, 3.63) is 23.3 Å². The number of likely N-dealkylation sites (N-methyl/N-ethyl adjacent to an activating group) is 1. The average Bonchev–Trinajstić information content (AvgIpc) is 3.14. The van der Waals surface area contributed by atoms with Crippen LogP contribution in [-0.2, 0) is 9.59 Å². The second-order valence-corrected chi connectivity index (χ2v) is 9.29. The fourth-order valence-electron chi connectivity index (χ4n) is 4.63. The summed E-state index contributed by atoms with van der Waals surface area (Å²) in [6.07, 6.45) is 15.1. The van der Waals surface area contributed by atoms with E-state index in [1.54, 1.807) is 16.0 Å². The van der Waals surface area contributed by atoms with Gasteiger partial charge in [0.15, 0.2) is 0 Å². The number of carbonyl (C=O) groups is 2. The number of allylic oxidation sites excluding steroid dienone is 1. The standard InChI is InChI=1S/C25H44N4O2/c1-4-5-15-29(16-17-30)25(31)18-26-21-27(2)14-9-7-6-8-11-22-12-10-13-23-19-28(3)20-24(22)23/h10,13,17,22,26H,4-9,11-12,14-16,18-21H2,1-3H3. The van der Waals surface area contributed by atoms with Crippen LogP contribution in [0, 0.1) is 5.92 Å². The fraction of sp³-hybridized carbons (Fsp3) is 0.760. The number of aldehydes is 1. The molecule has 2 aliphatic rings. The third-order valence-corrected chi connectivity index (χ3v) is 6.45. The van der Waals surface area contributed by atoms with E-state index in [1.165, 1.54) is 38.5 Å². The zero-order chi connectivity index (χ0) is 22.5. The Bertz CT molecular complexity index is 617. The topological polar surface area (TPSA) is 55.9 Å². The van der Waals surface area contributed by atoms with E-state index in [-0.39, 0.29) is 12.5 Å². The van der Waals surface area contributed by atoms with Crippen molar-refractivity contribution in [1.82, 2.24) is 20.0 Å². The lowest BCUT2D eigenvalue weighted by Gasteiger charge is -2.22. The number of rotatable bonds is 16. The molecule has 0 fully saturated rings. The summed E-state index contributed by atoms with van der Waals surface area (Å²) >= 11 is 0. The van der Waals surface area contributed by atoms with Gasteiger partial charge in [0.25, 0.3) is 0 Å². The Kier molecular flexibility index (Phi) is 12.1. The zero-order valence-corrected chi connectivity index (χ0v) is 20.1. The molecule has 1 atom stereocenters. The van der Waals surface area contributed by atoms with Crippen molar-refractivity contribution in [2.24, 2.45) is 5.92 Å². The molecule has 0 saturated carbocycles. The van der Waals surface area contributed by atoms with Crippen LogP contribution in [0.15, 0.2) is 23.3 Å². The molecule has 1 heterocycles. The van der Waals surface area contributed by atoms with E-state index >= 15 is 0 Å². The second kappa shape index (κ2) is 14.5. The summed E-state index contributed by atoms with van der Waals surface area (Å²) in [6.45, 7) is 7.28. The van der Waals surface area contributed by atoms with Gasteiger partial charge >= 0.3 is 0 Å². The summed E-state index contributed by atoms with van der Waals surface area (Å²) in [5, 5.41) is 3.22. The summed E-state index contributed by atoms with van der Waals surface area (Å²) in [4.78, 5) is 29.3. The normalized spacial score (nSPS) is 18.6. The van der Waals surface area contributed by atoms with E-state index in [9.17, 15) is 9.59 Å². The van der Waals surface area contributed by atoms with Crippen LogP contribution in [0.4, 0.5) is 0 Å². The number of amides is 1. The van der Waals surface area contributed by atoms with Gasteiger partial charge < -0.3 is 9.69 Å². The summed E-state index contributed by atoms with van der Waals surface area (Å²) in [7, 11) is 4.31. The van der Waals surface area contributed by atoms with E-state index in [0.29, 0.717) is 19.8 Å². The number of hydrogen-bond donors (Lipinski definition) is 1. The second-order valence-electron chi connectivity index (χ2n) is 9.29. The lowest BCUT2D eigenvalue weighted by atomic mass is 9.85. The first-order chi connectivity index (χ1) is 15.0. The maximum absolute atomic E-state index is 12.2. The third kappa shape index (κ3) is 9.26. The zero-order valence-electron chi connectivity index (χ0n) is 20.1. The minimum atomic E-state index is 0.0123. The highest BCUT2D eigenvalue weighted by atomic mass is 16.2. The van der Waals surface area contributed by atoms with Gasteiger partial charge in [-0.05, 0) is 63.4 Å². The van der Waals surface area contributed by atoms with Crippen LogP contribution in [0.1, 0.15) is 58.3 Å². The molecule has 6 nitrogen and oxygen atoms in total. The van der Waals surface area contributed by atoms with Gasteiger partial charge in [0, 0.05) is 26.3 Å². The van der Waals surface area contributed by atoms with Gasteiger partial charge in [-0.25, -0.2) is 0 Å². The minimum Gasteiger partial charge on any atom is -0.335 e. The molecule has 0 saturated heterocycles. The molecular weight excluding hydrogens is 388 g/mol. The summed E-state index contributed by atoms with van der Waals surface area (Å²) in [5.41, 5.74) is 3.28. The van der Waals surface area contributed by atoms with Crippen molar-refractivity contribution in [1.29, 1.82) is 0 Å². The molecule has 1 N–H and O–H groups in total. The summed E-state index contributed by atoms with van der Waals surface area (Å²) in [5.74, 6) is 0.781. The van der Waals surface area contributed by atoms with E-state index in [4.69, 9.17) is 0 Å². The lowest BCUT2D eigenvalue weighted by Crippen LogP contribution is -2.42. The van der Waals surface area contributed by atoms with Crippen LogP contribution < -0.4 is 5.32 Å². The van der Waals surface area contributed by atoms with E-state index in [1.807, 2.05) is 0 Å². The number of carbonyl (C=O) groups excluding carboxylic acids is 2. The van der Waals surface area contributed by atoms with E-state index in [0.717, 1.165) is 44.7 Å². The van der Waals surface area contributed by atoms with Crippen molar-refractivity contribution < 1.29 is 9.59 Å². The van der Waals surface area contributed by atoms with Crippen LogP contribution in [0.25, 0.3) is 0 Å². The Hall–Kier alpha value is -1.50. The smallest absolute Gasteiger partial charge is 0.236 e. The van der Waals surface area contributed by atoms with Gasteiger partial charge in [0.1, 0.15) is 6.29 Å². The predicted molar refractivity (Wildman–Crippen MR) is 128 cm³/mol. The molecule has 1 unspecified atom stereocenters. The third-order valence-electron chi connectivity index (χ3n) is 6.45. The Morgan fingerprint density at radius 2 is 2.00 bits per heavy atom. The first kappa shape index (κ1) is 25.8. The fourth-order valence-corrected chi connectivity index (χ4v) is 4.63. The number of nitrogens with zero attached hydrogens (tertiary/aromatic N) is 3. The van der Waals surface area contributed by atoms with E-state index < -0.39 is 0 Å². The highest BCUT2D eigenvalue weighted by molar-refractivity contribution is 5.80. The van der Waals surface area contributed by atoms with Crippen molar-refractivity contribution >= 4 is 12.2 Å². The number of unbranched alkanes of at least 4 members (excludes halogenated alkanes) is 4. The maximum Gasteiger partial charge on any atom is 0.236 e. The Balaban J connectivity index is 1.50. The molecule has 0 spiro atoms. The molecule has 6 heteroatoms. The summed E-state index contributed by atoms with van der Waals surface area (Å²) in [6, 6.07) is 0. The highest BCUT2D eigenvalue weighted by Gasteiger charge is 2.25. The van der Waals surface area contributed by atoms with Gasteiger partial charge in [-0.3, -0.25) is 19.9 Å². The molecule has 0 radical (unpaired) electrons. The van der Waals surface area contributed by atoms with Crippen LogP contribution in [-0.4, -0.2) is 86.9 Å². The molecule has 1 aliphatic carbocycles. The van der Waals surface area contributed by atoms with Crippen LogP contribution in [0.2, 0.25) is 0 Å². The van der Waals surface area contributed by atoms with Crippen LogP contribution >= 0.6 is 0 Å². The molecule has 2 rings (SSSR count). The minimum absolute atomic E-state index is 0.0123. The Morgan fingerprint density at radius 3 is 2.77 bits per heavy atom. The monoisotopic (exact) mass is 432 g/mol. The molecule has 0 aromatic carbocycles. The number of hydrogen-bond acceptors (Lipinski definition) is 5.